The number of hydrogen-bond acceptors (Lipinski definition) is 3. The Morgan fingerprint density at radius 3 is 2.41 bits per heavy atom. The number of benzene rings is 2. The van der Waals surface area contributed by atoms with Gasteiger partial charge in [-0.3, -0.25) is 14.2 Å². The molecule has 0 bridgehead atoms. The van der Waals surface area contributed by atoms with Crippen LogP contribution in [0.5, 0.6) is 0 Å². The van der Waals surface area contributed by atoms with Gasteiger partial charge in [-0.1, -0.05) is 36.4 Å². The largest absolute Gasteiger partial charge is 0.395 e. The van der Waals surface area contributed by atoms with Gasteiger partial charge < -0.3 is 10.0 Å². The van der Waals surface area contributed by atoms with Crippen LogP contribution in [0.4, 0.5) is 4.39 Å². The maximum atomic E-state index is 13.9. The zero-order valence-corrected chi connectivity index (χ0v) is 14.6. The summed E-state index contributed by atoms with van der Waals surface area (Å²) in [5, 5.41) is 9.31. The fourth-order valence-electron chi connectivity index (χ4n) is 2.79. The van der Waals surface area contributed by atoms with E-state index in [1.807, 2.05) is 6.07 Å². The first-order chi connectivity index (χ1) is 13.1. The molecule has 3 aromatic rings. The SMILES string of the molecule is O=C(c1ccc(=O)n(-c2ccccc2)c1)N(CCO)Cc1ccccc1F. The number of para-hydroxylation sites is 1. The minimum absolute atomic E-state index is 0.0243. The second kappa shape index (κ2) is 8.42. The number of aliphatic hydroxyl groups is 1. The van der Waals surface area contributed by atoms with Gasteiger partial charge in [-0.25, -0.2) is 4.39 Å². The fraction of sp³-hybridized carbons (Fsp3) is 0.143. The van der Waals surface area contributed by atoms with E-state index in [0.29, 0.717) is 11.3 Å². The molecule has 1 amide bonds. The molecule has 0 unspecified atom stereocenters. The highest BCUT2D eigenvalue weighted by Crippen LogP contribution is 2.13. The standard InChI is InChI=1S/C21H19FN2O3/c22-19-9-5-4-6-16(19)14-23(12-13-25)21(27)17-10-11-20(26)24(15-17)18-7-2-1-3-8-18/h1-11,15,25H,12-14H2. The summed E-state index contributed by atoms with van der Waals surface area (Å²) in [5.41, 5.74) is 1.01. The van der Waals surface area contributed by atoms with E-state index < -0.39 is 11.7 Å². The van der Waals surface area contributed by atoms with Gasteiger partial charge in [0.1, 0.15) is 5.82 Å². The summed E-state index contributed by atoms with van der Waals surface area (Å²) in [6.45, 7) is -0.174. The molecular formula is C21H19FN2O3. The lowest BCUT2D eigenvalue weighted by Gasteiger charge is -2.22. The molecule has 0 aliphatic carbocycles. The van der Waals surface area contributed by atoms with Crippen molar-refractivity contribution in [2.45, 2.75) is 6.54 Å². The minimum atomic E-state index is -0.414. The second-order valence-corrected chi connectivity index (χ2v) is 6.00. The summed E-state index contributed by atoms with van der Waals surface area (Å²) in [6.07, 6.45) is 1.46. The monoisotopic (exact) mass is 366 g/mol. The number of nitrogens with zero attached hydrogens (tertiary/aromatic N) is 2. The van der Waals surface area contributed by atoms with Crippen LogP contribution in [0.2, 0.25) is 0 Å². The summed E-state index contributed by atoms with van der Waals surface area (Å²) < 4.78 is 15.3. The molecule has 0 saturated carbocycles. The van der Waals surface area contributed by atoms with Crippen molar-refractivity contribution in [3.63, 3.8) is 0 Å². The zero-order valence-electron chi connectivity index (χ0n) is 14.6. The molecule has 2 aromatic carbocycles. The average Bonchev–Trinajstić information content (AvgIpc) is 2.70. The number of carbonyl (C=O) groups excluding carboxylic acids is 1. The van der Waals surface area contributed by atoms with Gasteiger partial charge in [0, 0.05) is 36.6 Å². The Bertz CT molecular complexity index is 986. The smallest absolute Gasteiger partial charge is 0.255 e. The van der Waals surface area contributed by atoms with E-state index in [1.165, 1.54) is 33.9 Å². The second-order valence-electron chi connectivity index (χ2n) is 6.00. The fourth-order valence-corrected chi connectivity index (χ4v) is 2.79. The first kappa shape index (κ1) is 18.5. The molecule has 0 radical (unpaired) electrons. The molecule has 0 aliphatic rings. The van der Waals surface area contributed by atoms with Crippen molar-refractivity contribution < 1.29 is 14.3 Å². The van der Waals surface area contributed by atoms with Crippen molar-refractivity contribution >= 4 is 5.91 Å². The number of halogens is 1. The highest BCUT2D eigenvalue weighted by atomic mass is 19.1. The van der Waals surface area contributed by atoms with Crippen molar-refractivity contribution in [3.05, 3.63) is 100 Å². The molecule has 0 aliphatic heterocycles. The summed E-state index contributed by atoms with van der Waals surface area (Å²) in [7, 11) is 0. The number of hydrogen-bond donors (Lipinski definition) is 1. The lowest BCUT2D eigenvalue weighted by Crippen LogP contribution is -2.34. The summed E-state index contributed by atoms with van der Waals surface area (Å²) in [5.74, 6) is -0.806. The van der Waals surface area contributed by atoms with Crippen LogP contribution >= 0.6 is 0 Å². The lowest BCUT2D eigenvalue weighted by atomic mass is 10.1. The van der Waals surface area contributed by atoms with Crippen LogP contribution in [0, 0.1) is 5.82 Å². The van der Waals surface area contributed by atoms with E-state index in [0.717, 1.165) is 0 Å². The summed E-state index contributed by atoms with van der Waals surface area (Å²) >= 11 is 0. The Hall–Kier alpha value is -3.25. The van der Waals surface area contributed by atoms with E-state index in [2.05, 4.69) is 0 Å². The van der Waals surface area contributed by atoms with Gasteiger partial charge in [0.15, 0.2) is 0 Å². The van der Waals surface area contributed by atoms with Gasteiger partial charge in [-0.2, -0.15) is 0 Å². The van der Waals surface area contributed by atoms with Crippen molar-refractivity contribution in [3.8, 4) is 5.69 Å². The summed E-state index contributed by atoms with van der Waals surface area (Å²) in [6, 6.07) is 17.9. The predicted molar refractivity (Wildman–Crippen MR) is 100 cm³/mol. The van der Waals surface area contributed by atoms with Crippen LogP contribution in [0.15, 0.2) is 77.7 Å². The van der Waals surface area contributed by atoms with E-state index in [4.69, 9.17) is 0 Å². The maximum absolute atomic E-state index is 13.9. The normalized spacial score (nSPS) is 10.6. The summed E-state index contributed by atoms with van der Waals surface area (Å²) in [4.78, 5) is 26.5. The topological polar surface area (TPSA) is 62.5 Å². The van der Waals surface area contributed by atoms with Crippen molar-refractivity contribution in [1.29, 1.82) is 0 Å². The first-order valence-electron chi connectivity index (χ1n) is 8.52. The van der Waals surface area contributed by atoms with E-state index in [1.54, 1.807) is 42.5 Å². The van der Waals surface area contributed by atoms with E-state index in [9.17, 15) is 19.1 Å². The van der Waals surface area contributed by atoms with Crippen LogP contribution in [0.1, 0.15) is 15.9 Å². The molecule has 6 heteroatoms. The third-order valence-corrected chi connectivity index (χ3v) is 4.17. The predicted octanol–water partition coefficient (Wildman–Crippen LogP) is 2.61. The zero-order chi connectivity index (χ0) is 19.2. The van der Waals surface area contributed by atoms with Gasteiger partial charge in [-0.05, 0) is 24.3 Å². The van der Waals surface area contributed by atoms with Gasteiger partial charge in [0.05, 0.1) is 12.2 Å². The molecule has 3 rings (SSSR count). The van der Waals surface area contributed by atoms with Crippen LogP contribution in [-0.4, -0.2) is 33.6 Å². The average molecular weight is 366 g/mol. The molecule has 1 N–H and O–H groups in total. The number of aliphatic hydroxyl groups excluding tert-OH is 1. The maximum Gasteiger partial charge on any atom is 0.255 e. The van der Waals surface area contributed by atoms with Gasteiger partial charge >= 0.3 is 0 Å². The van der Waals surface area contributed by atoms with Gasteiger partial charge in [0.25, 0.3) is 11.5 Å². The van der Waals surface area contributed by atoms with Crippen molar-refractivity contribution in [2.24, 2.45) is 0 Å². The van der Waals surface area contributed by atoms with Crippen molar-refractivity contribution in [1.82, 2.24) is 9.47 Å². The van der Waals surface area contributed by atoms with Crippen molar-refractivity contribution in [2.75, 3.05) is 13.2 Å². The number of pyridine rings is 1. The number of aromatic nitrogens is 1. The lowest BCUT2D eigenvalue weighted by molar-refractivity contribution is 0.0705. The molecule has 5 nitrogen and oxygen atoms in total. The van der Waals surface area contributed by atoms with E-state index >= 15 is 0 Å². The Morgan fingerprint density at radius 2 is 1.70 bits per heavy atom. The molecule has 1 heterocycles. The first-order valence-corrected chi connectivity index (χ1v) is 8.52. The third-order valence-electron chi connectivity index (χ3n) is 4.17. The molecular weight excluding hydrogens is 347 g/mol. The molecule has 27 heavy (non-hydrogen) atoms. The van der Waals surface area contributed by atoms with Crippen LogP contribution in [0.3, 0.4) is 0 Å². The number of carbonyl (C=O) groups is 1. The molecule has 0 saturated heterocycles. The van der Waals surface area contributed by atoms with Crippen LogP contribution in [-0.2, 0) is 6.54 Å². The van der Waals surface area contributed by atoms with Gasteiger partial charge in [0.2, 0.25) is 0 Å². The Labute approximate surface area is 155 Å². The molecule has 0 atom stereocenters. The molecule has 1 aromatic heterocycles. The van der Waals surface area contributed by atoms with Crippen LogP contribution < -0.4 is 5.56 Å². The minimum Gasteiger partial charge on any atom is -0.395 e. The Balaban J connectivity index is 1.92. The highest BCUT2D eigenvalue weighted by Gasteiger charge is 2.18. The Morgan fingerprint density at radius 1 is 1.00 bits per heavy atom. The molecule has 138 valence electrons. The van der Waals surface area contributed by atoms with E-state index in [-0.39, 0.29) is 30.8 Å². The number of rotatable bonds is 6. The third kappa shape index (κ3) is 4.30. The Kier molecular flexibility index (Phi) is 5.78. The quantitative estimate of drug-likeness (QED) is 0.729. The van der Waals surface area contributed by atoms with Gasteiger partial charge in [-0.15, -0.1) is 0 Å². The highest BCUT2D eigenvalue weighted by molar-refractivity contribution is 5.94. The number of amides is 1. The molecule has 0 fully saturated rings. The van der Waals surface area contributed by atoms with Crippen LogP contribution in [0.25, 0.3) is 5.69 Å². The molecule has 0 spiro atoms.